The summed E-state index contributed by atoms with van der Waals surface area (Å²) in [6, 6.07) is 5.00. The highest BCUT2D eigenvalue weighted by Gasteiger charge is 2.27. The maximum Gasteiger partial charge on any atom is 0.243 e. The van der Waals surface area contributed by atoms with Crippen molar-refractivity contribution in [1.29, 1.82) is 0 Å². The molecule has 1 aliphatic heterocycles. The fourth-order valence-electron chi connectivity index (χ4n) is 3.27. The van der Waals surface area contributed by atoms with Gasteiger partial charge in [-0.2, -0.15) is 4.31 Å². The number of fused-ring (bicyclic) bond motifs is 1. The van der Waals surface area contributed by atoms with E-state index in [9.17, 15) is 18.3 Å². The molecule has 1 aromatic carbocycles. The summed E-state index contributed by atoms with van der Waals surface area (Å²) in [5.41, 5.74) is 1.44. The Balaban J connectivity index is 1.77. The van der Waals surface area contributed by atoms with E-state index in [1.54, 1.807) is 25.1 Å². The van der Waals surface area contributed by atoms with E-state index in [0.717, 1.165) is 18.4 Å². The summed E-state index contributed by atoms with van der Waals surface area (Å²) in [6.07, 6.45) is 1.90. The first-order valence-corrected chi connectivity index (χ1v) is 10.6. The minimum absolute atomic E-state index is 0.153. The van der Waals surface area contributed by atoms with Gasteiger partial charge in [-0.25, -0.2) is 13.4 Å². The molecule has 2 N–H and O–H groups in total. The first kappa shape index (κ1) is 19.8. The number of nitrogens with one attached hydrogen (secondary N) is 1. The summed E-state index contributed by atoms with van der Waals surface area (Å²) in [7, 11) is -1.62. The third-order valence-corrected chi connectivity index (χ3v) is 6.71. The van der Waals surface area contributed by atoms with Gasteiger partial charge in [-0.1, -0.05) is 0 Å². The van der Waals surface area contributed by atoms with Gasteiger partial charge in [-0.15, -0.1) is 0 Å². The largest absolute Gasteiger partial charge is 0.392 e. The van der Waals surface area contributed by atoms with Crippen LogP contribution in [0.25, 0.3) is 11.0 Å². The average Bonchev–Trinajstić information content (AvgIpc) is 3.27. The molecule has 9 heteroatoms. The molecule has 27 heavy (non-hydrogen) atoms. The molecule has 2 heterocycles. The Hall–Kier alpha value is -1.97. The third kappa shape index (κ3) is 4.31. The second-order valence-corrected chi connectivity index (χ2v) is 8.94. The second kappa shape index (κ2) is 7.95. The molecule has 0 bridgehead atoms. The quantitative estimate of drug-likeness (QED) is 0.722. The number of sulfonamides is 1. The lowest BCUT2D eigenvalue weighted by Crippen LogP contribution is -2.30. The Kier molecular flexibility index (Phi) is 5.83. The Morgan fingerprint density at radius 2 is 2.04 bits per heavy atom. The van der Waals surface area contributed by atoms with Crippen molar-refractivity contribution in [1.82, 2.24) is 19.2 Å². The number of amides is 1. The van der Waals surface area contributed by atoms with Crippen LogP contribution in [0.3, 0.4) is 0 Å². The summed E-state index contributed by atoms with van der Waals surface area (Å²) in [5, 5.41) is 11.9. The number of aliphatic hydroxyl groups is 1. The summed E-state index contributed by atoms with van der Waals surface area (Å²) in [4.78, 5) is 16.6. The van der Waals surface area contributed by atoms with Crippen LogP contribution in [-0.2, 0) is 28.3 Å². The van der Waals surface area contributed by atoms with Gasteiger partial charge in [0.05, 0.1) is 22.0 Å². The van der Waals surface area contributed by atoms with Crippen molar-refractivity contribution in [2.45, 2.75) is 43.6 Å². The minimum Gasteiger partial charge on any atom is -0.392 e. The van der Waals surface area contributed by atoms with Crippen LogP contribution in [0.5, 0.6) is 0 Å². The van der Waals surface area contributed by atoms with Crippen molar-refractivity contribution in [3.63, 3.8) is 0 Å². The lowest BCUT2D eigenvalue weighted by molar-refractivity contribution is -0.121. The first-order valence-electron chi connectivity index (χ1n) is 9.19. The van der Waals surface area contributed by atoms with Crippen LogP contribution in [0, 0.1) is 0 Å². The standard InChI is InChI=1S/C18H26N4O4S/c1-13(23)12-19-18(24)8-7-17-20-15-11-14(5-6-16(15)21(17)2)27(25,26)22-9-3-4-10-22/h5-6,11,13,23H,3-4,7-10,12H2,1-2H3,(H,19,24)/t13-/m0/s1. The molecule has 1 fully saturated rings. The molecule has 1 atom stereocenters. The molecule has 1 saturated heterocycles. The Labute approximate surface area is 159 Å². The molecule has 1 aliphatic rings. The molecule has 8 nitrogen and oxygen atoms in total. The smallest absolute Gasteiger partial charge is 0.243 e. The number of benzene rings is 1. The number of carbonyl (C=O) groups excluding carboxylic acids is 1. The molecule has 0 saturated carbocycles. The van der Waals surface area contributed by atoms with E-state index < -0.39 is 16.1 Å². The number of aryl methyl sites for hydroxylation is 2. The number of rotatable bonds is 7. The monoisotopic (exact) mass is 394 g/mol. The number of aliphatic hydroxyl groups excluding tert-OH is 1. The normalized spacial score (nSPS) is 16.7. The number of aromatic nitrogens is 2. The molecule has 0 radical (unpaired) electrons. The van der Waals surface area contributed by atoms with Crippen LogP contribution >= 0.6 is 0 Å². The van der Waals surface area contributed by atoms with E-state index in [1.165, 1.54) is 4.31 Å². The Bertz CT molecular complexity index is 930. The summed E-state index contributed by atoms with van der Waals surface area (Å²) >= 11 is 0. The van der Waals surface area contributed by atoms with Gasteiger partial charge >= 0.3 is 0 Å². The van der Waals surface area contributed by atoms with Crippen molar-refractivity contribution < 1.29 is 18.3 Å². The van der Waals surface area contributed by atoms with Gasteiger partial charge < -0.3 is 15.0 Å². The topological polar surface area (TPSA) is 105 Å². The molecule has 1 amide bonds. The first-order chi connectivity index (χ1) is 12.8. The lowest BCUT2D eigenvalue weighted by atomic mass is 10.2. The minimum atomic E-state index is -3.48. The highest BCUT2D eigenvalue weighted by molar-refractivity contribution is 7.89. The highest BCUT2D eigenvalue weighted by Crippen LogP contribution is 2.25. The molecule has 2 aromatic rings. The van der Waals surface area contributed by atoms with Gasteiger partial charge in [0, 0.05) is 39.5 Å². The van der Waals surface area contributed by atoms with Crippen molar-refractivity contribution in [2.24, 2.45) is 7.05 Å². The van der Waals surface area contributed by atoms with E-state index >= 15 is 0 Å². The van der Waals surface area contributed by atoms with Crippen molar-refractivity contribution in [3.8, 4) is 0 Å². The molecule has 0 spiro atoms. The average molecular weight is 394 g/mol. The molecular formula is C18H26N4O4S. The van der Waals surface area contributed by atoms with Crippen LogP contribution in [0.4, 0.5) is 0 Å². The maximum atomic E-state index is 12.7. The molecule has 0 aliphatic carbocycles. The fourth-order valence-corrected chi connectivity index (χ4v) is 4.80. The number of carbonyl (C=O) groups is 1. The molecule has 0 unspecified atom stereocenters. The lowest BCUT2D eigenvalue weighted by Gasteiger charge is -2.15. The van der Waals surface area contributed by atoms with Gasteiger partial charge in [-0.05, 0) is 38.0 Å². The van der Waals surface area contributed by atoms with Crippen LogP contribution in [-0.4, -0.2) is 59.0 Å². The van der Waals surface area contributed by atoms with Crippen LogP contribution in [0.2, 0.25) is 0 Å². The van der Waals surface area contributed by atoms with Gasteiger partial charge in [0.1, 0.15) is 5.82 Å². The van der Waals surface area contributed by atoms with E-state index in [1.807, 2.05) is 11.6 Å². The second-order valence-electron chi connectivity index (χ2n) is 7.00. The zero-order valence-corrected chi connectivity index (χ0v) is 16.5. The number of hydrogen-bond acceptors (Lipinski definition) is 5. The van der Waals surface area contributed by atoms with Gasteiger partial charge in [-0.3, -0.25) is 4.79 Å². The van der Waals surface area contributed by atoms with Crippen molar-refractivity contribution in [3.05, 3.63) is 24.0 Å². The van der Waals surface area contributed by atoms with Crippen molar-refractivity contribution >= 4 is 27.0 Å². The van der Waals surface area contributed by atoms with Crippen LogP contribution < -0.4 is 5.32 Å². The third-order valence-electron chi connectivity index (χ3n) is 4.82. The SMILES string of the molecule is C[C@H](O)CNC(=O)CCc1nc2cc(S(=O)(=O)N3CCCC3)ccc2n1C. The predicted molar refractivity (Wildman–Crippen MR) is 102 cm³/mol. The van der Waals surface area contributed by atoms with Crippen LogP contribution in [0.15, 0.2) is 23.1 Å². The van der Waals surface area contributed by atoms with Gasteiger partial charge in [0.2, 0.25) is 15.9 Å². The summed E-state index contributed by atoms with van der Waals surface area (Å²) in [5.74, 6) is 0.563. The maximum absolute atomic E-state index is 12.7. The van der Waals surface area contributed by atoms with E-state index in [4.69, 9.17) is 0 Å². The predicted octanol–water partition coefficient (Wildman–Crippen LogP) is 0.787. The summed E-state index contributed by atoms with van der Waals surface area (Å²) < 4.78 is 28.9. The molecule has 1 aromatic heterocycles. The van der Waals surface area contributed by atoms with Crippen LogP contribution in [0.1, 0.15) is 32.0 Å². The van der Waals surface area contributed by atoms with E-state index in [-0.39, 0.29) is 23.8 Å². The summed E-state index contributed by atoms with van der Waals surface area (Å²) in [6.45, 7) is 2.96. The fraction of sp³-hybridized carbons (Fsp3) is 0.556. The molecule has 3 rings (SSSR count). The Morgan fingerprint density at radius 1 is 1.33 bits per heavy atom. The number of imidazole rings is 1. The number of hydrogen-bond donors (Lipinski definition) is 2. The van der Waals surface area contributed by atoms with E-state index in [2.05, 4.69) is 10.3 Å². The Morgan fingerprint density at radius 3 is 2.70 bits per heavy atom. The number of nitrogens with zero attached hydrogens (tertiary/aromatic N) is 3. The molecule has 148 valence electrons. The zero-order valence-electron chi connectivity index (χ0n) is 15.7. The zero-order chi connectivity index (χ0) is 19.6. The van der Waals surface area contributed by atoms with E-state index in [0.29, 0.717) is 30.9 Å². The van der Waals surface area contributed by atoms with Gasteiger partial charge in [0.25, 0.3) is 0 Å². The van der Waals surface area contributed by atoms with Crippen molar-refractivity contribution in [2.75, 3.05) is 19.6 Å². The van der Waals surface area contributed by atoms with Gasteiger partial charge in [0.15, 0.2) is 0 Å². The highest BCUT2D eigenvalue weighted by atomic mass is 32.2. The molecular weight excluding hydrogens is 368 g/mol.